The summed E-state index contributed by atoms with van der Waals surface area (Å²) >= 11 is 0. The number of amides is 1. The minimum atomic E-state index is 0.00657. The first-order valence-electron chi connectivity index (χ1n) is 6.42. The van der Waals surface area contributed by atoms with E-state index in [0.717, 1.165) is 37.3 Å². The Bertz CT molecular complexity index is 401. The van der Waals surface area contributed by atoms with Gasteiger partial charge in [0.25, 0.3) is 0 Å². The summed E-state index contributed by atoms with van der Waals surface area (Å²) in [6.45, 7) is 3.95. The molecule has 18 heavy (non-hydrogen) atoms. The molecule has 0 spiro atoms. The van der Waals surface area contributed by atoms with E-state index in [-0.39, 0.29) is 5.91 Å². The van der Waals surface area contributed by atoms with Crippen molar-refractivity contribution in [1.82, 2.24) is 5.32 Å². The normalized spacial score (nSPS) is 16.5. The van der Waals surface area contributed by atoms with Gasteiger partial charge in [0, 0.05) is 24.9 Å². The van der Waals surface area contributed by atoms with E-state index in [9.17, 15) is 4.79 Å². The Morgan fingerprint density at radius 1 is 1.39 bits per heavy atom. The van der Waals surface area contributed by atoms with Gasteiger partial charge in [0.15, 0.2) is 0 Å². The van der Waals surface area contributed by atoms with Crippen molar-refractivity contribution in [2.75, 3.05) is 25.1 Å². The molecule has 1 fully saturated rings. The van der Waals surface area contributed by atoms with Crippen LogP contribution in [0.2, 0.25) is 0 Å². The van der Waals surface area contributed by atoms with E-state index >= 15 is 0 Å². The highest BCUT2D eigenvalue weighted by Gasteiger charge is 2.14. The molecule has 0 atom stereocenters. The third kappa shape index (κ3) is 4.13. The van der Waals surface area contributed by atoms with Crippen molar-refractivity contribution in [2.24, 2.45) is 0 Å². The van der Waals surface area contributed by atoms with Crippen LogP contribution in [0.3, 0.4) is 0 Å². The van der Waals surface area contributed by atoms with Gasteiger partial charge >= 0.3 is 0 Å². The SMILES string of the molecule is Cc1cccc(NC(=O)CNC2CCOCC2)c1. The molecule has 2 N–H and O–H groups in total. The van der Waals surface area contributed by atoms with Gasteiger partial charge in [-0.2, -0.15) is 0 Å². The number of carbonyl (C=O) groups excluding carboxylic acids is 1. The molecule has 1 aliphatic rings. The highest BCUT2D eigenvalue weighted by Crippen LogP contribution is 2.09. The second-order valence-electron chi connectivity index (χ2n) is 4.69. The van der Waals surface area contributed by atoms with Gasteiger partial charge in [0.2, 0.25) is 5.91 Å². The van der Waals surface area contributed by atoms with Gasteiger partial charge in [0.1, 0.15) is 0 Å². The van der Waals surface area contributed by atoms with E-state index in [1.165, 1.54) is 0 Å². The molecule has 1 aromatic carbocycles. The third-order valence-electron chi connectivity index (χ3n) is 3.07. The Kier molecular flexibility index (Phi) is 4.73. The first kappa shape index (κ1) is 13.1. The molecule has 0 aliphatic carbocycles. The second kappa shape index (κ2) is 6.52. The third-order valence-corrected chi connectivity index (χ3v) is 3.07. The zero-order chi connectivity index (χ0) is 12.8. The van der Waals surface area contributed by atoms with Crippen LogP contribution in [-0.4, -0.2) is 31.7 Å². The molecule has 0 unspecified atom stereocenters. The van der Waals surface area contributed by atoms with Gasteiger partial charge in [-0.1, -0.05) is 12.1 Å². The van der Waals surface area contributed by atoms with Crippen molar-refractivity contribution < 1.29 is 9.53 Å². The first-order chi connectivity index (χ1) is 8.74. The van der Waals surface area contributed by atoms with Gasteiger partial charge in [-0.05, 0) is 37.5 Å². The number of anilines is 1. The molecule has 1 aliphatic heterocycles. The molecular formula is C14H20N2O2. The predicted molar refractivity (Wildman–Crippen MR) is 71.7 cm³/mol. The van der Waals surface area contributed by atoms with Crippen LogP contribution >= 0.6 is 0 Å². The smallest absolute Gasteiger partial charge is 0.238 e. The van der Waals surface area contributed by atoms with Gasteiger partial charge < -0.3 is 15.4 Å². The summed E-state index contributed by atoms with van der Waals surface area (Å²) in [5, 5.41) is 6.15. The van der Waals surface area contributed by atoms with Crippen LogP contribution in [0.5, 0.6) is 0 Å². The Balaban J connectivity index is 1.74. The van der Waals surface area contributed by atoms with E-state index in [4.69, 9.17) is 4.74 Å². The molecule has 0 aromatic heterocycles. The Hall–Kier alpha value is -1.39. The first-order valence-corrected chi connectivity index (χ1v) is 6.42. The monoisotopic (exact) mass is 248 g/mol. The fourth-order valence-corrected chi connectivity index (χ4v) is 2.07. The molecule has 0 bridgehead atoms. The lowest BCUT2D eigenvalue weighted by Crippen LogP contribution is -2.39. The molecule has 1 saturated heterocycles. The molecule has 1 heterocycles. The maximum Gasteiger partial charge on any atom is 0.238 e. The molecule has 0 saturated carbocycles. The quantitative estimate of drug-likeness (QED) is 0.852. The highest BCUT2D eigenvalue weighted by atomic mass is 16.5. The van der Waals surface area contributed by atoms with Crippen LogP contribution in [0.25, 0.3) is 0 Å². The van der Waals surface area contributed by atoms with E-state index < -0.39 is 0 Å². The van der Waals surface area contributed by atoms with E-state index in [0.29, 0.717) is 12.6 Å². The maximum absolute atomic E-state index is 11.8. The number of benzene rings is 1. The minimum absolute atomic E-state index is 0.00657. The fourth-order valence-electron chi connectivity index (χ4n) is 2.07. The number of hydrogen-bond acceptors (Lipinski definition) is 3. The fraction of sp³-hybridized carbons (Fsp3) is 0.500. The van der Waals surface area contributed by atoms with Gasteiger partial charge in [-0.25, -0.2) is 0 Å². The molecule has 4 heteroatoms. The number of carbonyl (C=O) groups is 1. The summed E-state index contributed by atoms with van der Waals surface area (Å²) in [5.41, 5.74) is 2.00. The lowest BCUT2D eigenvalue weighted by Gasteiger charge is -2.22. The summed E-state index contributed by atoms with van der Waals surface area (Å²) in [6, 6.07) is 8.22. The van der Waals surface area contributed by atoms with Crippen LogP contribution in [0.15, 0.2) is 24.3 Å². The van der Waals surface area contributed by atoms with Crippen LogP contribution in [0, 0.1) is 6.92 Å². The van der Waals surface area contributed by atoms with Crippen molar-refractivity contribution >= 4 is 11.6 Å². The van der Waals surface area contributed by atoms with E-state index in [1.54, 1.807) is 0 Å². The number of nitrogens with one attached hydrogen (secondary N) is 2. The van der Waals surface area contributed by atoms with Crippen molar-refractivity contribution in [1.29, 1.82) is 0 Å². The minimum Gasteiger partial charge on any atom is -0.381 e. The molecular weight excluding hydrogens is 228 g/mol. The van der Waals surface area contributed by atoms with Crippen molar-refractivity contribution in [2.45, 2.75) is 25.8 Å². The summed E-state index contributed by atoms with van der Waals surface area (Å²) in [4.78, 5) is 11.8. The predicted octanol–water partition coefficient (Wildman–Crippen LogP) is 1.70. The van der Waals surface area contributed by atoms with Crippen molar-refractivity contribution in [3.05, 3.63) is 29.8 Å². The van der Waals surface area contributed by atoms with Crippen LogP contribution in [0.1, 0.15) is 18.4 Å². The van der Waals surface area contributed by atoms with Crippen molar-refractivity contribution in [3.63, 3.8) is 0 Å². The summed E-state index contributed by atoms with van der Waals surface area (Å²) in [7, 11) is 0. The van der Waals surface area contributed by atoms with Crippen LogP contribution in [0.4, 0.5) is 5.69 Å². The standard InChI is InChI=1S/C14H20N2O2/c1-11-3-2-4-13(9-11)16-14(17)10-15-12-5-7-18-8-6-12/h2-4,9,12,15H,5-8,10H2,1H3,(H,16,17). The summed E-state index contributed by atoms with van der Waals surface area (Å²) in [5.74, 6) is 0.00657. The van der Waals surface area contributed by atoms with Crippen LogP contribution in [-0.2, 0) is 9.53 Å². The zero-order valence-electron chi connectivity index (χ0n) is 10.7. The molecule has 0 radical (unpaired) electrons. The molecule has 2 rings (SSSR count). The topological polar surface area (TPSA) is 50.4 Å². The maximum atomic E-state index is 11.8. The lowest BCUT2D eigenvalue weighted by molar-refractivity contribution is -0.115. The van der Waals surface area contributed by atoms with Gasteiger partial charge in [-0.15, -0.1) is 0 Å². The average Bonchev–Trinajstić information content (AvgIpc) is 2.38. The lowest BCUT2D eigenvalue weighted by atomic mass is 10.1. The van der Waals surface area contributed by atoms with Gasteiger partial charge in [0.05, 0.1) is 6.54 Å². The largest absolute Gasteiger partial charge is 0.381 e. The number of ether oxygens (including phenoxy) is 1. The van der Waals surface area contributed by atoms with E-state index in [2.05, 4.69) is 10.6 Å². The summed E-state index contributed by atoms with van der Waals surface area (Å²) in [6.07, 6.45) is 1.97. The zero-order valence-corrected chi connectivity index (χ0v) is 10.7. The summed E-state index contributed by atoms with van der Waals surface area (Å²) < 4.78 is 5.27. The molecule has 4 nitrogen and oxygen atoms in total. The highest BCUT2D eigenvalue weighted by molar-refractivity contribution is 5.92. The molecule has 1 amide bonds. The molecule has 1 aromatic rings. The number of hydrogen-bond donors (Lipinski definition) is 2. The second-order valence-corrected chi connectivity index (χ2v) is 4.69. The Morgan fingerprint density at radius 3 is 2.89 bits per heavy atom. The molecule has 98 valence electrons. The van der Waals surface area contributed by atoms with E-state index in [1.807, 2.05) is 31.2 Å². The Morgan fingerprint density at radius 2 is 2.17 bits per heavy atom. The van der Waals surface area contributed by atoms with Crippen LogP contribution < -0.4 is 10.6 Å². The average molecular weight is 248 g/mol. The van der Waals surface area contributed by atoms with Gasteiger partial charge in [-0.3, -0.25) is 4.79 Å². The number of rotatable bonds is 4. The van der Waals surface area contributed by atoms with Crippen molar-refractivity contribution in [3.8, 4) is 0 Å². The number of aryl methyl sites for hydroxylation is 1. The Labute approximate surface area is 108 Å².